The third-order valence-corrected chi connectivity index (χ3v) is 2.81. The van der Waals surface area contributed by atoms with Crippen LogP contribution in [0.5, 0.6) is 5.75 Å². The van der Waals surface area contributed by atoms with Crippen LogP contribution in [0, 0.1) is 0 Å². The molecule has 22 heavy (non-hydrogen) atoms. The van der Waals surface area contributed by atoms with Crippen molar-refractivity contribution >= 4 is 23.7 Å². The lowest BCUT2D eigenvalue weighted by atomic mass is 10.1. The first-order chi connectivity index (χ1) is 10.4. The van der Waals surface area contributed by atoms with Gasteiger partial charge in [0.15, 0.2) is 0 Å². The molecule has 0 fully saturated rings. The summed E-state index contributed by atoms with van der Waals surface area (Å²) in [6.45, 7) is 0. The van der Waals surface area contributed by atoms with E-state index < -0.39 is 24.0 Å². The lowest BCUT2D eigenvalue weighted by Gasteiger charge is -2.15. The number of urea groups is 1. The van der Waals surface area contributed by atoms with Gasteiger partial charge in [-0.3, -0.25) is 4.79 Å². The van der Waals surface area contributed by atoms with Crippen LogP contribution in [0.2, 0.25) is 0 Å². The van der Waals surface area contributed by atoms with Gasteiger partial charge in [-0.1, -0.05) is 6.07 Å². The summed E-state index contributed by atoms with van der Waals surface area (Å²) in [4.78, 5) is 33.3. The smallest absolute Gasteiger partial charge is 0.326 e. The second-order valence-electron chi connectivity index (χ2n) is 4.51. The van der Waals surface area contributed by atoms with Gasteiger partial charge in [0.05, 0.1) is 7.11 Å². The van der Waals surface area contributed by atoms with Gasteiger partial charge < -0.3 is 25.6 Å². The van der Waals surface area contributed by atoms with Crippen molar-refractivity contribution in [3.63, 3.8) is 0 Å². The summed E-state index contributed by atoms with van der Waals surface area (Å²) in [7, 11) is 1.49. The van der Waals surface area contributed by atoms with E-state index in [0.29, 0.717) is 11.4 Å². The fourth-order valence-corrected chi connectivity index (χ4v) is 1.74. The zero-order valence-corrected chi connectivity index (χ0v) is 12.0. The number of amides is 2. The first-order valence-electron chi connectivity index (χ1n) is 6.58. The van der Waals surface area contributed by atoms with Gasteiger partial charge in [0, 0.05) is 18.2 Å². The lowest BCUT2D eigenvalue weighted by molar-refractivity contribution is -0.140. The Bertz CT molecular complexity index is 546. The average molecular weight is 310 g/mol. The number of ether oxygens (including phenoxy) is 1. The molecule has 0 saturated carbocycles. The Hall–Kier alpha value is -2.77. The molecule has 1 aromatic carbocycles. The van der Waals surface area contributed by atoms with Gasteiger partial charge >= 0.3 is 18.0 Å². The number of hydrogen-bond donors (Lipinski definition) is 4. The van der Waals surface area contributed by atoms with Gasteiger partial charge in [0.1, 0.15) is 11.8 Å². The Morgan fingerprint density at radius 2 is 2.00 bits per heavy atom. The molecule has 1 atom stereocenters. The highest BCUT2D eigenvalue weighted by Gasteiger charge is 2.20. The average Bonchev–Trinajstić information content (AvgIpc) is 2.45. The Labute approximate surface area is 127 Å². The van der Waals surface area contributed by atoms with E-state index in [4.69, 9.17) is 14.9 Å². The van der Waals surface area contributed by atoms with Crippen LogP contribution in [-0.2, 0) is 9.59 Å². The second kappa shape index (κ2) is 8.50. The molecule has 2 amide bonds. The number of hydrogen-bond acceptors (Lipinski definition) is 4. The third kappa shape index (κ3) is 6.12. The van der Waals surface area contributed by atoms with Crippen LogP contribution in [0.25, 0.3) is 0 Å². The van der Waals surface area contributed by atoms with Crippen molar-refractivity contribution in [1.29, 1.82) is 0 Å². The van der Waals surface area contributed by atoms with E-state index >= 15 is 0 Å². The third-order valence-electron chi connectivity index (χ3n) is 2.81. The topological polar surface area (TPSA) is 125 Å². The lowest BCUT2D eigenvalue weighted by Crippen LogP contribution is -2.43. The molecule has 0 bridgehead atoms. The van der Waals surface area contributed by atoms with E-state index in [9.17, 15) is 14.4 Å². The number of rotatable bonds is 8. The SMILES string of the molecule is COc1cccc(NC(=O)NC(CCCC(=O)O)C(=O)O)c1. The van der Waals surface area contributed by atoms with E-state index in [1.165, 1.54) is 7.11 Å². The molecule has 1 rings (SSSR count). The maximum atomic E-state index is 11.8. The molecular weight excluding hydrogens is 292 g/mol. The minimum Gasteiger partial charge on any atom is -0.497 e. The summed E-state index contributed by atoms with van der Waals surface area (Å²) < 4.78 is 5.01. The minimum absolute atomic E-state index is 0.0349. The summed E-state index contributed by atoms with van der Waals surface area (Å²) >= 11 is 0. The van der Waals surface area contributed by atoms with Crippen LogP contribution in [0.3, 0.4) is 0 Å². The van der Waals surface area contributed by atoms with Gasteiger partial charge in [0.25, 0.3) is 0 Å². The number of carbonyl (C=O) groups is 3. The van der Waals surface area contributed by atoms with Gasteiger partial charge in [-0.05, 0) is 25.0 Å². The number of nitrogens with one attached hydrogen (secondary N) is 2. The fraction of sp³-hybridized carbons (Fsp3) is 0.357. The van der Waals surface area contributed by atoms with Crippen LogP contribution < -0.4 is 15.4 Å². The number of benzene rings is 1. The van der Waals surface area contributed by atoms with Crippen LogP contribution in [-0.4, -0.2) is 41.3 Å². The first-order valence-corrected chi connectivity index (χ1v) is 6.58. The van der Waals surface area contributed by atoms with Gasteiger partial charge in [-0.25, -0.2) is 9.59 Å². The molecule has 0 spiro atoms. The summed E-state index contributed by atoms with van der Waals surface area (Å²) in [5.74, 6) is -1.68. The summed E-state index contributed by atoms with van der Waals surface area (Å²) in [5, 5.41) is 22.3. The number of carboxylic acids is 2. The summed E-state index contributed by atoms with van der Waals surface area (Å²) in [6.07, 6.45) is 0.0435. The number of anilines is 1. The highest BCUT2D eigenvalue weighted by Crippen LogP contribution is 2.16. The Kier molecular flexibility index (Phi) is 6.68. The molecule has 4 N–H and O–H groups in total. The molecule has 120 valence electrons. The molecule has 0 aliphatic rings. The monoisotopic (exact) mass is 310 g/mol. The summed E-state index contributed by atoms with van der Waals surface area (Å²) in [6, 6.07) is 4.76. The molecular formula is C14H18N2O6. The van der Waals surface area contributed by atoms with Gasteiger partial charge in [0.2, 0.25) is 0 Å². The molecule has 0 aliphatic heterocycles. The van der Waals surface area contributed by atoms with Crippen molar-refractivity contribution < 1.29 is 29.3 Å². The van der Waals surface area contributed by atoms with E-state index in [2.05, 4.69) is 10.6 Å². The number of carboxylic acid groups (broad SMARTS) is 2. The maximum absolute atomic E-state index is 11.8. The number of carbonyl (C=O) groups excluding carboxylic acids is 1. The van der Waals surface area contributed by atoms with Gasteiger partial charge in [-0.2, -0.15) is 0 Å². The van der Waals surface area contributed by atoms with Crippen LogP contribution in [0.15, 0.2) is 24.3 Å². The minimum atomic E-state index is -1.22. The van der Waals surface area contributed by atoms with E-state index in [1.54, 1.807) is 24.3 Å². The van der Waals surface area contributed by atoms with Crippen molar-refractivity contribution in [3.8, 4) is 5.75 Å². The molecule has 1 unspecified atom stereocenters. The fourth-order valence-electron chi connectivity index (χ4n) is 1.74. The van der Waals surface area contributed by atoms with Crippen molar-refractivity contribution in [1.82, 2.24) is 5.32 Å². The molecule has 0 saturated heterocycles. The van der Waals surface area contributed by atoms with Gasteiger partial charge in [-0.15, -0.1) is 0 Å². The quantitative estimate of drug-likeness (QED) is 0.577. The standard InChI is InChI=1S/C14H18N2O6/c1-22-10-5-2-4-9(8-10)15-14(21)16-11(13(19)20)6-3-7-12(17)18/h2,4-5,8,11H,3,6-7H2,1H3,(H,17,18)(H,19,20)(H2,15,16,21). The largest absolute Gasteiger partial charge is 0.497 e. The second-order valence-corrected chi connectivity index (χ2v) is 4.51. The summed E-state index contributed by atoms with van der Waals surface area (Å²) in [5.41, 5.74) is 0.450. The van der Waals surface area contributed by atoms with Crippen LogP contribution in [0.1, 0.15) is 19.3 Å². The first kappa shape index (κ1) is 17.3. The molecule has 8 nitrogen and oxygen atoms in total. The van der Waals surface area contributed by atoms with E-state index in [1.807, 2.05) is 0 Å². The number of methoxy groups -OCH3 is 1. The van der Waals surface area contributed by atoms with Crippen molar-refractivity contribution in [2.24, 2.45) is 0 Å². The van der Waals surface area contributed by atoms with Crippen LogP contribution >= 0.6 is 0 Å². The maximum Gasteiger partial charge on any atom is 0.326 e. The highest BCUT2D eigenvalue weighted by molar-refractivity contribution is 5.92. The predicted molar refractivity (Wildman–Crippen MR) is 78.1 cm³/mol. The number of aliphatic carboxylic acids is 2. The zero-order chi connectivity index (χ0) is 16.5. The zero-order valence-electron chi connectivity index (χ0n) is 12.0. The molecule has 1 aromatic rings. The Balaban J connectivity index is 2.55. The van der Waals surface area contributed by atoms with Crippen molar-refractivity contribution in [2.45, 2.75) is 25.3 Å². The molecule has 0 heterocycles. The highest BCUT2D eigenvalue weighted by atomic mass is 16.5. The molecule has 0 radical (unpaired) electrons. The molecule has 8 heteroatoms. The Morgan fingerprint density at radius 1 is 1.27 bits per heavy atom. The van der Waals surface area contributed by atoms with Crippen LogP contribution in [0.4, 0.5) is 10.5 Å². The van der Waals surface area contributed by atoms with Crippen molar-refractivity contribution in [3.05, 3.63) is 24.3 Å². The molecule has 0 aliphatic carbocycles. The predicted octanol–water partition coefficient (Wildman–Crippen LogP) is 1.52. The van der Waals surface area contributed by atoms with E-state index in [-0.39, 0.29) is 19.3 Å². The normalized spacial score (nSPS) is 11.3. The van der Waals surface area contributed by atoms with E-state index in [0.717, 1.165) is 0 Å². The Morgan fingerprint density at radius 3 is 2.59 bits per heavy atom. The molecule has 0 aromatic heterocycles. The van der Waals surface area contributed by atoms with Crippen molar-refractivity contribution in [2.75, 3.05) is 12.4 Å².